The summed E-state index contributed by atoms with van der Waals surface area (Å²) in [4.78, 5) is 3.08. The van der Waals surface area contributed by atoms with Crippen molar-refractivity contribution in [1.82, 2.24) is 4.98 Å². The maximum atomic E-state index is 12.9. The summed E-state index contributed by atoms with van der Waals surface area (Å²) in [7, 11) is 0. The van der Waals surface area contributed by atoms with E-state index in [1.165, 1.54) is 6.07 Å². The number of halogens is 1. The fraction of sp³-hybridized carbons (Fsp3) is 0.0909. The van der Waals surface area contributed by atoms with Gasteiger partial charge in [0, 0.05) is 11.9 Å². The first-order chi connectivity index (χ1) is 6.27. The highest BCUT2D eigenvalue weighted by Gasteiger charge is 2.00. The van der Waals surface area contributed by atoms with E-state index in [2.05, 4.69) is 4.98 Å². The maximum Gasteiger partial charge on any atom is 0.126 e. The number of benzene rings is 1. The zero-order valence-electron chi connectivity index (χ0n) is 7.34. The van der Waals surface area contributed by atoms with Gasteiger partial charge >= 0.3 is 0 Å². The van der Waals surface area contributed by atoms with Gasteiger partial charge in [-0.25, -0.2) is 4.39 Å². The van der Waals surface area contributed by atoms with Crippen molar-refractivity contribution in [3.05, 3.63) is 47.9 Å². The lowest BCUT2D eigenvalue weighted by molar-refractivity contribution is 0.619. The standard InChI is InChI=1S/C11H10FN/c1-8-7-9(4-5-10(8)12)11-3-2-6-13-11/h2-7,13H,1H3. The minimum Gasteiger partial charge on any atom is -0.361 e. The second-order valence-corrected chi connectivity index (χ2v) is 3.05. The van der Waals surface area contributed by atoms with Crippen molar-refractivity contribution in [1.29, 1.82) is 0 Å². The van der Waals surface area contributed by atoms with E-state index < -0.39 is 0 Å². The summed E-state index contributed by atoms with van der Waals surface area (Å²) in [6.07, 6.45) is 1.86. The fourth-order valence-corrected chi connectivity index (χ4v) is 1.32. The highest BCUT2D eigenvalue weighted by molar-refractivity contribution is 5.60. The van der Waals surface area contributed by atoms with Gasteiger partial charge in [-0.3, -0.25) is 0 Å². The number of rotatable bonds is 1. The first kappa shape index (κ1) is 8.05. The van der Waals surface area contributed by atoms with Crippen LogP contribution in [0.2, 0.25) is 0 Å². The molecule has 0 bridgehead atoms. The Morgan fingerprint density at radius 3 is 2.69 bits per heavy atom. The molecule has 13 heavy (non-hydrogen) atoms. The number of nitrogens with one attached hydrogen (secondary N) is 1. The monoisotopic (exact) mass is 175 g/mol. The van der Waals surface area contributed by atoms with Crippen LogP contribution in [0.25, 0.3) is 11.3 Å². The van der Waals surface area contributed by atoms with Gasteiger partial charge in [0.25, 0.3) is 0 Å². The van der Waals surface area contributed by atoms with Gasteiger partial charge in [0.1, 0.15) is 5.82 Å². The Labute approximate surface area is 76.2 Å². The van der Waals surface area contributed by atoms with Crippen molar-refractivity contribution < 1.29 is 4.39 Å². The fourth-order valence-electron chi connectivity index (χ4n) is 1.32. The largest absolute Gasteiger partial charge is 0.361 e. The number of aromatic nitrogens is 1. The van der Waals surface area contributed by atoms with E-state index >= 15 is 0 Å². The van der Waals surface area contributed by atoms with E-state index in [4.69, 9.17) is 0 Å². The number of H-pyrrole nitrogens is 1. The lowest BCUT2D eigenvalue weighted by Gasteiger charge is -2.00. The molecule has 0 saturated carbocycles. The molecule has 1 heterocycles. The Morgan fingerprint density at radius 2 is 2.08 bits per heavy atom. The lowest BCUT2D eigenvalue weighted by Crippen LogP contribution is -1.83. The first-order valence-electron chi connectivity index (χ1n) is 4.17. The molecule has 0 spiro atoms. The summed E-state index contributed by atoms with van der Waals surface area (Å²) >= 11 is 0. The Kier molecular flexibility index (Phi) is 1.89. The molecule has 1 aromatic heterocycles. The molecule has 1 N–H and O–H groups in total. The van der Waals surface area contributed by atoms with Crippen molar-refractivity contribution in [2.45, 2.75) is 6.92 Å². The van der Waals surface area contributed by atoms with Gasteiger partial charge in [-0.15, -0.1) is 0 Å². The summed E-state index contributed by atoms with van der Waals surface area (Å²) in [6.45, 7) is 1.77. The maximum absolute atomic E-state index is 12.9. The summed E-state index contributed by atoms with van der Waals surface area (Å²) in [5.74, 6) is -0.157. The SMILES string of the molecule is Cc1cc(-c2ccc[nH]2)ccc1F. The smallest absolute Gasteiger partial charge is 0.126 e. The molecule has 0 saturated heterocycles. The van der Waals surface area contributed by atoms with Gasteiger partial charge in [-0.05, 0) is 48.4 Å². The van der Waals surface area contributed by atoms with Gasteiger partial charge < -0.3 is 4.98 Å². The number of hydrogen-bond donors (Lipinski definition) is 1. The lowest BCUT2D eigenvalue weighted by atomic mass is 10.1. The minimum absolute atomic E-state index is 0.157. The van der Waals surface area contributed by atoms with Gasteiger partial charge in [-0.1, -0.05) is 0 Å². The number of hydrogen-bond acceptors (Lipinski definition) is 0. The normalized spacial score (nSPS) is 10.3. The van der Waals surface area contributed by atoms with Crippen LogP contribution in [0.4, 0.5) is 4.39 Å². The minimum atomic E-state index is -0.157. The topological polar surface area (TPSA) is 15.8 Å². The van der Waals surface area contributed by atoms with E-state index in [1.807, 2.05) is 24.4 Å². The predicted molar refractivity (Wildman–Crippen MR) is 50.9 cm³/mol. The van der Waals surface area contributed by atoms with E-state index in [0.717, 1.165) is 11.3 Å². The molecule has 0 aliphatic heterocycles. The van der Waals surface area contributed by atoms with E-state index in [9.17, 15) is 4.39 Å². The molecule has 2 rings (SSSR count). The zero-order valence-corrected chi connectivity index (χ0v) is 7.34. The zero-order chi connectivity index (χ0) is 9.26. The van der Waals surface area contributed by atoms with Crippen LogP contribution >= 0.6 is 0 Å². The van der Waals surface area contributed by atoms with Crippen LogP contribution in [0.5, 0.6) is 0 Å². The van der Waals surface area contributed by atoms with E-state index in [0.29, 0.717) is 5.56 Å². The second-order valence-electron chi connectivity index (χ2n) is 3.05. The average Bonchev–Trinajstić information content (AvgIpc) is 2.62. The predicted octanol–water partition coefficient (Wildman–Crippen LogP) is 3.13. The van der Waals surface area contributed by atoms with Crippen molar-refractivity contribution in [2.75, 3.05) is 0 Å². The van der Waals surface area contributed by atoms with Crippen molar-refractivity contribution in [3.8, 4) is 11.3 Å². The molecule has 1 aromatic carbocycles. The second kappa shape index (κ2) is 3.05. The third-order valence-electron chi connectivity index (χ3n) is 2.07. The first-order valence-corrected chi connectivity index (χ1v) is 4.17. The van der Waals surface area contributed by atoms with Gasteiger partial charge in [0.2, 0.25) is 0 Å². The van der Waals surface area contributed by atoms with Crippen LogP contribution in [0.1, 0.15) is 5.56 Å². The molecule has 0 radical (unpaired) electrons. The van der Waals surface area contributed by atoms with Crippen molar-refractivity contribution in [3.63, 3.8) is 0 Å². The Bertz CT molecular complexity index is 404. The molecule has 0 aliphatic carbocycles. The molecule has 0 unspecified atom stereocenters. The van der Waals surface area contributed by atoms with E-state index in [1.54, 1.807) is 13.0 Å². The highest BCUT2D eigenvalue weighted by atomic mass is 19.1. The van der Waals surface area contributed by atoms with Crippen molar-refractivity contribution >= 4 is 0 Å². The van der Waals surface area contributed by atoms with Crippen LogP contribution < -0.4 is 0 Å². The van der Waals surface area contributed by atoms with Crippen LogP contribution in [0.15, 0.2) is 36.5 Å². The molecular formula is C11H10FN. The molecule has 0 amide bonds. The van der Waals surface area contributed by atoms with Gasteiger partial charge in [-0.2, -0.15) is 0 Å². The summed E-state index contributed by atoms with van der Waals surface area (Å²) in [5, 5.41) is 0. The summed E-state index contributed by atoms with van der Waals surface area (Å²) in [6, 6.07) is 8.99. The molecule has 0 fully saturated rings. The number of aromatic amines is 1. The summed E-state index contributed by atoms with van der Waals surface area (Å²) < 4.78 is 12.9. The Balaban J connectivity index is 2.49. The molecule has 2 aromatic rings. The molecule has 2 heteroatoms. The van der Waals surface area contributed by atoms with Crippen LogP contribution in [-0.2, 0) is 0 Å². The third-order valence-corrected chi connectivity index (χ3v) is 2.07. The molecule has 66 valence electrons. The molecule has 1 nitrogen and oxygen atoms in total. The van der Waals surface area contributed by atoms with Gasteiger partial charge in [0.15, 0.2) is 0 Å². The molecule has 0 atom stereocenters. The average molecular weight is 175 g/mol. The molecule has 0 aliphatic rings. The Morgan fingerprint density at radius 1 is 1.23 bits per heavy atom. The van der Waals surface area contributed by atoms with Gasteiger partial charge in [0.05, 0.1) is 0 Å². The van der Waals surface area contributed by atoms with Crippen molar-refractivity contribution in [2.24, 2.45) is 0 Å². The van der Waals surface area contributed by atoms with Crippen LogP contribution in [0.3, 0.4) is 0 Å². The highest BCUT2D eigenvalue weighted by Crippen LogP contribution is 2.19. The van der Waals surface area contributed by atoms with E-state index in [-0.39, 0.29) is 5.82 Å². The summed E-state index contributed by atoms with van der Waals surface area (Å²) in [5.41, 5.74) is 2.71. The Hall–Kier alpha value is -1.57. The quantitative estimate of drug-likeness (QED) is 0.685. The number of aryl methyl sites for hydroxylation is 1. The van der Waals surface area contributed by atoms with Crippen LogP contribution in [0, 0.1) is 12.7 Å². The molecular weight excluding hydrogens is 165 g/mol. The third kappa shape index (κ3) is 1.47. The van der Waals surface area contributed by atoms with Crippen LogP contribution in [-0.4, -0.2) is 4.98 Å².